The molecule has 2 unspecified atom stereocenters. The molecule has 1 aromatic heterocycles. The predicted octanol–water partition coefficient (Wildman–Crippen LogP) is 2.60. The topological polar surface area (TPSA) is 113 Å². The number of aliphatic carboxylic acids is 2. The Morgan fingerprint density at radius 3 is 2.44 bits per heavy atom. The van der Waals surface area contributed by atoms with Crippen molar-refractivity contribution >= 4 is 11.9 Å². The number of nitrogens with zero attached hydrogens (tertiary/aromatic N) is 1. The number of rotatable bonds is 11. The fourth-order valence-electron chi connectivity index (χ4n) is 2.88. The molecule has 0 amide bonds. The van der Waals surface area contributed by atoms with Crippen LogP contribution in [-0.2, 0) is 22.4 Å². The molecule has 1 heterocycles. The highest BCUT2D eigenvalue weighted by Crippen LogP contribution is 2.13. The third-order valence-corrected chi connectivity index (χ3v) is 4.22. The van der Waals surface area contributed by atoms with E-state index in [0.717, 1.165) is 11.3 Å². The summed E-state index contributed by atoms with van der Waals surface area (Å²) in [7, 11) is 0. The normalized spacial score (nSPS) is 13.4. The summed E-state index contributed by atoms with van der Waals surface area (Å²) >= 11 is 0. The number of carboxylic acid groups (broad SMARTS) is 2. The van der Waals surface area contributed by atoms with E-state index in [1.165, 1.54) is 6.26 Å². The van der Waals surface area contributed by atoms with Crippen LogP contribution in [0.1, 0.15) is 37.4 Å². The Morgan fingerprint density at radius 1 is 1.15 bits per heavy atom. The fourth-order valence-corrected chi connectivity index (χ4v) is 2.88. The Morgan fingerprint density at radius 2 is 1.85 bits per heavy atom. The molecule has 0 radical (unpaired) electrons. The maximum absolute atomic E-state index is 11.5. The third kappa shape index (κ3) is 6.86. The van der Waals surface area contributed by atoms with E-state index in [0.29, 0.717) is 18.7 Å². The van der Waals surface area contributed by atoms with Gasteiger partial charge in [-0.15, -0.1) is 0 Å². The Hall–Kier alpha value is -2.67. The quantitative estimate of drug-likeness (QED) is 0.554. The molecule has 3 N–H and O–H groups in total. The fraction of sp³-hybridized carbons (Fsp3) is 0.450. The highest BCUT2D eigenvalue weighted by Gasteiger charge is 2.25. The van der Waals surface area contributed by atoms with Crippen molar-refractivity contribution in [3.8, 4) is 0 Å². The van der Waals surface area contributed by atoms with Gasteiger partial charge in [0.05, 0.1) is 18.0 Å². The zero-order valence-electron chi connectivity index (χ0n) is 15.6. The van der Waals surface area contributed by atoms with Gasteiger partial charge in [-0.25, -0.2) is 4.98 Å². The molecule has 7 heteroatoms. The van der Waals surface area contributed by atoms with E-state index in [-0.39, 0.29) is 18.9 Å². The molecule has 0 aliphatic heterocycles. The van der Waals surface area contributed by atoms with E-state index in [1.807, 2.05) is 44.2 Å². The van der Waals surface area contributed by atoms with Crippen LogP contribution >= 0.6 is 0 Å². The van der Waals surface area contributed by atoms with Crippen molar-refractivity contribution in [2.75, 3.05) is 6.54 Å². The molecule has 0 saturated carbocycles. The maximum atomic E-state index is 11.5. The van der Waals surface area contributed by atoms with Gasteiger partial charge in [-0.2, -0.15) is 0 Å². The minimum absolute atomic E-state index is 0.0537. The van der Waals surface area contributed by atoms with E-state index >= 15 is 0 Å². The van der Waals surface area contributed by atoms with Gasteiger partial charge in [0.25, 0.3) is 0 Å². The van der Waals surface area contributed by atoms with Crippen LogP contribution in [0.2, 0.25) is 0 Å². The van der Waals surface area contributed by atoms with Gasteiger partial charge in [0.15, 0.2) is 5.89 Å². The number of carbonyl (C=O) groups is 2. The predicted molar refractivity (Wildman–Crippen MR) is 99.5 cm³/mol. The first-order chi connectivity index (χ1) is 12.8. The van der Waals surface area contributed by atoms with E-state index in [2.05, 4.69) is 10.3 Å². The first kappa shape index (κ1) is 20.6. The van der Waals surface area contributed by atoms with Crippen LogP contribution < -0.4 is 5.32 Å². The molecule has 2 rings (SSSR count). The van der Waals surface area contributed by atoms with Crippen LogP contribution in [0.25, 0.3) is 0 Å². The van der Waals surface area contributed by atoms with Crippen molar-refractivity contribution in [2.45, 2.75) is 39.2 Å². The summed E-state index contributed by atoms with van der Waals surface area (Å²) in [6, 6.07) is 8.83. The number of oxazole rings is 1. The number of carboxylic acids is 2. The van der Waals surface area contributed by atoms with Gasteiger partial charge in [0.1, 0.15) is 12.3 Å². The van der Waals surface area contributed by atoms with Crippen LogP contribution in [0.15, 0.2) is 41.0 Å². The first-order valence-electron chi connectivity index (χ1n) is 9.01. The summed E-state index contributed by atoms with van der Waals surface area (Å²) in [4.78, 5) is 27.2. The van der Waals surface area contributed by atoms with E-state index in [4.69, 9.17) is 4.42 Å². The molecule has 2 aromatic rings. The zero-order chi connectivity index (χ0) is 19.8. The smallest absolute Gasteiger partial charge is 0.321 e. The monoisotopic (exact) mass is 374 g/mol. The SMILES string of the molecule is CC(C)CC(CNC(Cc1nc(Cc2ccccc2)co1)C(=O)O)C(=O)O. The summed E-state index contributed by atoms with van der Waals surface area (Å²) in [5, 5.41) is 21.6. The highest BCUT2D eigenvalue weighted by atomic mass is 16.4. The lowest BCUT2D eigenvalue weighted by atomic mass is 9.97. The Balaban J connectivity index is 1.95. The second-order valence-corrected chi connectivity index (χ2v) is 7.06. The summed E-state index contributed by atoms with van der Waals surface area (Å²) in [5.41, 5.74) is 1.81. The highest BCUT2D eigenvalue weighted by molar-refractivity contribution is 5.74. The number of hydrogen-bond donors (Lipinski definition) is 3. The summed E-state index contributed by atoms with van der Waals surface area (Å²) in [6.45, 7) is 3.96. The second kappa shape index (κ2) is 9.87. The van der Waals surface area contributed by atoms with E-state index < -0.39 is 23.9 Å². The Labute approximate surface area is 158 Å². The number of nitrogens with one attached hydrogen (secondary N) is 1. The number of aromatic nitrogens is 1. The van der Waals surface area contributed by atoms with Crippen LogP contribution in [-0.4, -0.2) is 39.7 Å². The first-order valence-corrected chi connectivity index (χ1v) is 9.01. The average molecular weight is 374 g/mol. The lowest BCUT2D eigenvalue weighted by Crippen LogP contribution is -2.42. The van der Waals surface area contributed by atoms with Crippen molar-refractivity contribution in [2.24, 2.45) is 11.8 Å². The Bertz CT molecular complexity index is 742. The molecular weight excluding hydrogens is 348 g/mol. The van der Waals surface area contributed by atoms with E-state index in [1.54, 1.807) is 0 Å². The number of benzene rings is 1. The van der Waals surface area contributed by atoms with Gasteiger partial charge >= 0.3 is 11.9 Å². The lowest BCUT2D eigenvalue weighted by Gasteiger charge is -2.18. The van der Waals surface area contributed by atoms with Gasteiger partial charge in [0, 0.05) is 13.0 Å². The van der Waals surface area contributed by atoms with Gasteiger partial charge in [-0.3, -0.25) is 9.59 Å². The zero-order valence-corrected chi connectivity index (χ0v) is 15.6. The van der Waals surface area contributed by atoms with Crippen molar-refractivity contribution in [1.29, 1.82) is 0 Å². The molecule has 0 aliphatic rings. The van der Waals surface area contributed by atoms with Crippen LogP contribution in [0, 0.1) is 11.8 Å². The summed E-state index contributed by atoms with van der Waals surface area (Å²) in [6.07, 6.45) is 2.66. The standard InChI is InChI=1S/C20H26N2O5/c1-13(2)8-15(19(23)24)11-21-17(20(25)26)10-18-22-16(12-27-18)9-14-6-4-3-5-7-14/h3-7,12-13,15,17,21H,8-11H2,1-2H3,(H,23,24)(H,25,26). The van der Waals surface area contributed by atoms with Gasteiger partial charge in [-0.05, 0) is 17.9 Å². The third-order valence-electron chi connectivity index (χ3n) is 4.22. The van der Waals surface area contributed by atoms with Gasteiger partial charge in [-0.1, -0.05) is 44.2 Å². The van der Waals surface area contributed by atoms with Crippen molar-refractivity contribution in [3.05, 3.63) is 53.7 Å². The van der Waals surface area contributed by atoms with Crippen molar-refractivity contribution < 1.29 is 24.2 Å². The maximum Gasteiger partial charge on any atom is 0.321 e. The van der Waals surface area contributed by atoms with Crippen molar-refractivity contribution in [3.63, 3.8) is 0 Å². The molecule has 2 atom stereocenters. The minimum Gasteiger partial charge on any atom is -0.481 e. The molecular formula is C20H26N2O5. The molecule has 7 nitrogen and oxygen atoms in total. The minimum atomic E-state index is -1.06. The lowest BCUT2D eigenvalue weighted by molar-refractivity contribution is -0.144. The molecule has 0 spiro atoms. The van der Waals surface area contributed by atoms with Crippen molar-refractivity contribution in [1.82, 2.24) is 10.3 Å². The largest absolute Gasteiger partial charge is 0.481 e. The van der Waals surface area contributed by atoms with Crippen LogP contribution in [0.3, 0.4) is 0 Å². The second-order valence-electron chi connectivity index (χ2n) is 7.06. The van der Waals surface area contributed by atoms with E-state index in [9.17, 15) is 19.8 Å². The molecule has 0 bridgehead atoms. The van der Waals surface area contributed by atoms with Gasteiger partial charge in [0.2, 0.25) is 0 Å². The number of hydrogen-bond acceptors (Lipinski definition) is 5. The Kier molecular flexibility index (Phi) is 7.55. The van der Waals surface area contributed by atoms with Gasteiger partial charge < -0.3 is 19.9 Å². The summed E-state index contributed by atoms with van der Waals surface area (Å²) in [5.74, 6) is -2.10. The molecule has 0 saturated heterocycles. The summed E-state index contributed by atoms with van der Waals surface area (Å²) < 4.78 is 5.41. The molecule has 0 aliphatic carbocycles. The van der Waals surface area contributed by atoms with Crippen LogP contribution in [0.5, 0.6) is 0 Å². The molecule has 0 fully saturated rings. The molecule has 146 valence electrons. The van der Waals surface area contributed by atoms with Crippen LogP contribution in [0.4, 0.5) is 0 Å². The molecule has 1 aromatic carbocycles. The molecule has 27 heavy (non-hydrogen) atoms. The average Bonchev–Trinajstić information content (AvgIpc) is 3.04.